The van der Waals surface area contributed by atoms with E-state index in [-0.39, 0.29) is 12.0 Å². The summed E-state index contributed by atoms with van der Waals surface area (Å²) in [6, 6.07) is 18.6. The van der Waals surface area contributed by atoms with Crippen molar-refractivity contribution < 1.29 is 9.53 Å². The lowest BCUT2D eigenvalue weighted by Gasteiger charge is -2.32. The van der Waals surface area contributed by atoms with Crippen LogP contribution in [-0.4, -0.2) is 79.6 Å². The average Bonchev–Trinajstić information content (AvgIpc) is 3.44. The highest BCUT2D eigenvalue weighted by Gasteiger charge is 2.43. The van der Waals surface area contributed by atoms with E-state index in [9.17, 15) is 4.79 Å². The molecule has 5 rings (SSSR count). The van der Waals surface area contributed by atoms with Gasteiger partial charge in [-0.1, -0.05) is 30.3 Å². The van der Waals surface area contributed by atoms with Crippen molar-refractivity contribution in [1.29, 1.82) is 0 Å². The van der Waals surface area contributed by atoms with Crippen molar-refractivity contribution in [2.75, 3.05) is 52.9 Å². The van der Waals surface area contributed by atoms with Crippen molar-refractivity contribution in [3.05, 3.63) is 65.7 Å². The summed E-state index contributed by atoms with van der Waals surface area (Å²) in [6.45, 7) is 7.33. The Morgan fingerprint density at radius 1 is 0.939 bits per heavy atom. The van der Waals surface area contributed by atoms with Gasteiger partial charge >= 0.3 is 0 Å². The van der Waals surface area contributed by atoms with E-state index in [0.29, 0.717) is 5.41 Å². The second-order valence-corrected chi connectivity index (χ2v) is 10.4. The number of carbonyl (C=O) groups is 1. The monoisotopic (exact) mass is 447 g/mol. The third kappa shape index (κ3) is 5.42. The van der Waals surface area contributed by atoms with E-state index in [0.717, 1.165) is 82.8 Å². The molecule has 1 spiro atoms. The third-order valence-electron chi connectivity index (χ3n) is 7.85. The van der Waals surface area contributed by atoms with Crippen LogP contribution in [-0.2, 0) is 6.42 Å². The van der Waals surface area contributed by atoms with Gasteiger partial charge in [0, 0.05) is 50.2 Å². The quantitative estimate of drug-likeness (QED) is 0.672. The molecule has 3 saturated heterocycles. The largest absolute Gasteiger partial charge is 0.490 e. The molecule has 5 heteroatoms. The van der Waals surface area contributed by atoms with Crippen molar-refractivity contribution in [2.24, 2.45) is 5.41 Å². The van der Waals surface area contributed by atoms with E-state index < -0.39 is 0 Å². The summed E-state index contributed by atoms with van der Waals surface area (Å²) in [4.78, 5) is 20.0. The number of amides is 1. The van der Waals surface area contributed by atoms with Crippen molar-refractivity contribution in [3.8, 4) is 5.75 Å². The fourth-order valence-corrected chi connectivity index (χ4v) is 5.83. The van der Waals surface area contributed by atoms with Gasteiger partial charge in [-0.2, -0.15) is 0 Å². The van der Waals surface area contributed by atoms with Gasteiger partial charge in [0.15, 0.2) is 0 Å². The highest BCUT2D eigenvalue weighted by atomic mass is 16.5. The Balaban J connectivity index is 1.07. The first-order chi connectivity index (χ1) is 16.1. The minimum Gasteiger partial charge on any atom is -0.490 e. The molecule has 0 bridgehead atoms. The second-order valence-electron chi connectivity index (χ2n) is 10.4. The Morgan fingerprint density at radius 2 is 1.67 bits per heavy atom. The number of piperidine rings is 1. The van der Waals surface area contributed by atoms with Gasteiger partial charge in [0.05, 0.1) is 0 Å². The van der Waals surface area contributed by atoms with Gasteiger partial charge in [0.1, 0.15) is 11.9 Å². The fourth-order valence-electron chi connectivity index (χ4n) is 5.83. The molecule has 3 heterocycles. The molecule has 5 nitrogen and oxygen atoms in total. The van der Waals surface area contributed by atoms with Crippen molar-refractivity contribution in [1.82, 2.24) is 14.7 Å². The van der Waals surface area contributed by atoms with Crippen LogP contribution in [0.1, 0.15) is 41.6 Å². The first-order valence-electron chi connectivity index (χ1n) is 12.6. The summed E-state index contributed by atoms with van der Waals surface area (Å²) >= 11 is 0. The molecule has 2 aromatic rings. The first-order valence-corrected chi connectivity index (χ1v) is 12.6. The maximum absolute atomic E-state index is 13.0. The molecule has 2 aromatic carbocycles. The minimum atomic E-state index is 0.166. The lowest BCUT2D eigenvalue weighted by molar-refractivity contribution is 0.0773. The summed E-state index contributed by atoms with van der Waals surface area (Å²) in [5, 5.41) is 0. The summed E-state index contributed by atoms with van der Waals surface area (Å²) < 4.78 is 6.26. The normalized spacial score (nSPS) is 24.6. The molecule has 3 aliphatic heterocycles. The number of hydrogen-bond acceptors (Lipinski definition) is 4. The Labute approximate surface area is 198 Å². The average molecular weight is 448 g/mol. The van der Waals surface area contributed by atoms with E-state index in [1.165, 1.54) is 12.0 Å². The molecule has 0 aliphatic carbocycles. The van der Waals surface area contributed by atoms with E-state index >= 15 is 0 Å². The molecule has 1 amide bonds. The molecule has 0 saturated carbocycles. The van der Waals surface area contributed by atoms with E-state index in [4.69, 9.17) is 4.74 Å². The molecule has 1 atom stereocenters. The van der Waals surface area contributed by atoms with E-state index in [1.807, 2.05) is 24.3 Å². The third-order valence-corrected chi connectivity index (χ3v) is 7.85. The molecule has 0 aromatic heterocycles. The Bertz CT molecular complexity index is 924. The summed E-state index contributed by atoms with van der Waals surface area (Å²) in [5.74, 6) is 1.05. The van der Waals surface area contributed by atoms with Gasteiger partial charge < -0.3 is 19.4 Å². The van der Waals surface area contributed by atoms with Crippen LogP contribution in [0.15, 0.2) is 54.6 Å². The van der Waals surface area contributed by atoms with Crippen LogP contribution in [0.4, 0.5) is 0 Å². The number of carbonyl (C=O) groups excluding carboxylic acids is 1. The van der Waals surface area contributed by atoms with Crippen molar-refractivity contribution in [3.63, 3.8) is 0 Å². The van der Waals surface area contributed by atoms with Crippen LogP contribution in [0.3, 0.4) is 0 Å². The van der Waals surface area contributed by atoms with E-state index in [2.05, 4.69) is 52.1 Å². The van der Waals surface area contributed by atoms with Crippen LogP contribution in [0.5, 0.6) is 5.75 Å². The topological polar surface area (TPSA) is 36.0 Å². The molecule has 0 unspecified atom stereocenters. The molecule has 0 radical (unpaired) electrons. The Hall–Kier alpha value is -2.37. The minimum absolute atomic E-state index is 0.166. The Morgan fingerprint density at radius 3 is 2.36 bits per heavy atom. The highest BCUT2D eigenvalue weighted by molar-refractivity contribution is 5.94. The fraction of sp³-hybridized carbons (Fsp3) is 0.536. The summed E-state index contributed by atoms with van der Waals surface area (Å²) in [7, 11) is 2.19. The number of hydrogen-bond donors (Lipinski definition) is 0. The molecule has 3 aliphatic rings. The maximum atomic E-state index is 13.0. The highest BCUT2D eigenvalue weighted by Crippen LogP contribution is 2.39. The van der Waals surface area contributed by atoms with Gasteiger partial charge in [-0.25, -0.2) is 0 Å². The van der Waals surface area contributed by atoms with Gasteiger partial charge in [0.2, 0.25) is 0 Å². The van der Waals surface area contributed by atoms with Gasteiger partial charge in [-0.05, 0) is 75.5 Å². The maximum Gasteiger partial charge on any atom is 0.253 e. The smallest absolute Gasteiger partial charge is 0.253 e. The zero-order chi connectivity index (χ0) is 22.7. The van der Waals surface area contributed by atoms with Gasteiger partial charge in [-0.3, -0.25) is 4.79 Å². The zero-order valence-corrected chi connectivity index (χ0v) is 19.9. The standard InChI is InChI=1S/C28H37N3O2/c1-29-19-14-28(21-29)15-20-31(22-28)27(32)24-7-9-25(10-8-24)33-26-12-17-30(18-13-26)16-11-23-5-3-2-4-6-23/h2-10,26H,11-22H2,1H3/t28-/m1/s1. The van der Waals surface area contributed by atoms with Crippen LogP contribution < -0.4 is 4.74 Å². The van der Waals surface area contributed by atoms with E-state index in [1.54, 1.807) is 0 Å². The number of benzene rings is 2. The lowest BCUT2D eigenvalue weighted by atomic mass is 9.86. The number of likely N-dealkylation sites (tertiary alicyclic amines) is 3. The first kappa shape index (κ1) is 22.4. The number of nitrogens with zero attached hydrogens (tertiary/aromatic N) is 3. The molecule has 176 valence electrons. The molecule has 33 heavy (non-hydrogen) atoms. The van der Waals surface area contributed by atoms with Crippen LogP contribution >= 0.6 is 0 Å². The van der Waals surface area contributed by atoms with Gasteiger partial charge in [-0.15, -0.1) is 0 Å². The Kier molecular flexibility index (Phi) is 6.70. The number of rotatable bonds is 6. The number of ether oxygens (including phenoxy) is 1. The van der Waals surface area contributed by atoms with Gasteiger partial charge in [0.25, 0.3) is 5.91 Å². The second kappa shape index (κ2) is 9.86. The molecule has 3 fully saturated rings. The van der Waals surface area contributed by atoms with Crippen LogP contribution in [0.25, 0.3) is 0 Å². The molecular formula is C28H37N3O2. The summed E-state index contributed by atoms with van der Waals surface area (Å²) in [5.41, 5.74) is 2.51. The van der Waals surface area contributed by atoms with Crippen molar-refractivity contribution >= 4 is 5.91 Å². The predicted molar refractivity (Wildman–Crippen MR) is 132 cm³/mol. The lowest BCUT2D eigenvalue weighted by Crippen LogP contribution is -2.39. The zero-order valence-electron chi connectivity index (χ0n) is 19.9. The predicted octanol–water partition coefficient (Wildman–Crippen LogP) is 3.94. The SMILES string of the molecule is CN1CC[C@@]2(CCN(C(=O)c3ccc(OC4CCN(CCc5ccccc5)CC4)cc3)C2)C1. The van der Waals surface area contributed by atoms with Crippen LogP contribution in [0, 0.1) is 5.41 Å². The molecule has 0 N–H and O–H groups in total. The van der Waals surface area contributed by atoms with Crippen molar-refractivity contribution in [2.45, 2.75) is 38.2 Å². The summed E-state index contributed by atoms with van der Waals surface area (Å²) in [6.07, 6.45) is 5.83. The molecular weight excluding hydrogens is 410 g/mol. The van der Waals surface area contributed by atoms with Crippen LogP contribution in [0.2, 0.25) is 0 Å².